The van der Waals surface area contributed by atoms with Gasteiger partial charge in [0.05, 0.1) is 0 Å². The summed E-state index contributed by atoms with van der Waals surface area (Å²) in [6.07, 6.45) is 1.09. The molecule has 0 atom stereocenters. The third-order valence-corrected chi connectivity index (χ3v) is 4.34. The normalized spacial score (nSPS) is 15.0. The van der Waals surface area contributed by atoms with Crippen molar-refractivity contribution in [1.29, 1.82) is 0 Å². The first kappa shape index (κ1) is 17.0. The molecule has 2 N–H and O–H groups in total. The van der Waals surface area contributed by atoms with Crippen molar-refractivity contribution in [3.05, 3.63) is 59.9 Å². The van der Waals surface area contributed by atoms with Gasteiger partial charge in [-0.1, -0.05) is 12.1 Å². The van der Waals surface area contributed by atoms with Crippen molar-refractivity contribution >= 4 is 17.5 Å². The third kappa shape index (κ3) is 4.15. The van der Waals surface area contributed by atoms with E-state index in [2.05, 4.69) is 5.32 Å². The molecule has 3 rings (SSSR count). The minimum Gasteiger partial charge on any atom is -0.508 e. The van der Waals surface area contributed by atoms with Gasteiger partial charge in [-0.25, -0.2) is 4.39 Å². The van der Waals surface area contributed by atoms with Crippen LogP contribution in [0.5, 0.6) is 5.75 Å². The van der Waals surface area contributed by atoms with Gasteiger partial charge in [-0.2, -0.15) is 0 Å². The molecule has 1 fully saturated rings. The Morgan fingerprint density at radius 1 is 1.08 bits per heavy atom. The molecule has 130 valence electrons. The first-order chi connectivity index (χ1) is 12.0. The molecule has 0 unspecified atom stereocenters. The van der Waals surface area contributed by atoms with E-state index in [-0.39, 0.29) is 23.5 Å². The number of hydrogen-bond donors (Lipinski definition) is 2. The molecule has 2 aromatic rings. The van der Waals surface area contributed by atoms with Crippen LogP contribution in [0.2, 0.25) is 0 Å². The predicted molar refractivity (Wildman–Crippen MR) is 91.8 cm³/mol. The fraction of sp³-hybridized carbons (Fsp3) is 0.263. The van der Waals surface area contributed by atoms with E-state index in [1.54, 1.807) is 29.2 Å². The number of piperidine rings is 1. The lowest BCUT2D eigenvalue weighted by molar-refractivity contribution is -0.121. The fourth-order valence-electron chi connectivity index (χ4n) is 2.98. The Labute approximate surface area is 145 Å². The molecule has 1 saturated heterocycles. The quantitative estimate of drug-likeness (QED) is 0.901. The molecule has 5 nitrogen and oxygen atoms in total. The second-order valence-electron chi connectivity index (χ2n) is 6.12. The van der Waals surface area contributed by atoms with E-state index < -0.39 is 5.82 Å². The molecule has 0 radical (unpaired) electrons. The number of phenolic OH excluding ortho intramolecular Hbond substituents is 1. The van der Waals surface area contributed by atoms with Crippen molar-refractivity contribution < 1.29 is 19.1 Å². The monoisotopic (exact) mass is 342 g/mol. The zero-order valence-electron chi connectivity index (χ0n) is 13.6. The standard InChI is InChI=1S/C19H19FN2O3/c20-15-4-2-5-16(12-15)21-18(24)13-7-9-22(10-8-13)19(25)14-3-1-6-17(23)11-14/h1-6,11-13,23H,7-10H2,(H,21,24). The lowest BCUT2D eigenvalue weighted by Crippen LogP contribution is -2.41. The van der Waals surface area contributed by atoms with Gasteiger partial charge in [0.25, 0.3) is 5.91 Å². The van der Waals surface area contributed by atoms with Crippen LogP contribution in [0.15, 0.2) is 48.5 Å². The smallest absolute Gasteiger partial charge is 0.253 e. The van der Waals surface area contributed by atoms with Gasteiger partial charge in [0.1, 0.15) is 11.6 Å². The van der Waals surface area contributed by atoms with Crippen LogP contribution in [-0.2, 0) is 4.79 Å². The second-order valence-corrected chi connectivity index (χ2v) is 6.12. The Morgan fingerprint density at radius 3 is 2.48 bits per heavy atom. The highest BCUT2D eigenvalue weighted by Crippen LogP contribution is 2.22. The van der Waals surface area contributed by atoms with Gasteiger partial charge in [0.15, 0.2) is 0 Å². The summed E-state index contributed by atoms with van der Waals surface area (Å²) in [6, 6.07) is 12.0. The SMILES string of the molecule is O=C(Nc1cccc(F)c1)C1CCN(C(=O)c2cccc(O)c2)CC1. The number of carbonyl (C=O) groups is 2. The zero-order valence-corrected chi connectivity index (χ0v) is 13.6. The van der Waals surface area contributed by atoms with Gasteiger partial charge in [0, 0.05) is 30.3 Å². The molecule has 1 aliphatic rings. The number of likely N-dealkylation sites (tertiary alicyclic amines) is 1. The molecule has 0 bridgehead atoms. The molecular formula is C19H19FN2O3. The minimum atomic E-state index is -0.399. The Morgan fingerprint density at radius 2 is 1.80 bits per heavy atom. The largest absolute Gasteiger partial charge is 0.508 e. The maximum atomic E-state index is 13.2. The molecule has 0 aromatic heterocycles. The van der Waals surface area contributed by atoms with E-state index in [9.17, 15) is 19.1 Å². The minimum absolute atomic E-state index is 0.0511. The predicted octanol–water partition coefficient (Wildman–Crippen LogP) is 3.02. The molecule has 1 heterocycles. The maximum Gasteiger partial charge on any atom is 0.253 e. The molecule has 0 aliphatic carbocycles. The molecular weight excluding hydrogens is 323 g/mol. The van der Waals surface area contributed by atoms with Crippen molar-refractivity contribution in [2.24, 2.45) is 5.92 Å². The van der Waals surface area contributed by atoms with Crippen molar-refractivity contribution in [2.75, 3.05) is 18.4 Å². The van der Waals surface area contributed by atoms with Crippen LogP contribution in [0.25, 0.3) is 0 Å². The molecule has 2 amide bonds. The third-order valence-electron chi connectivity index (χ3n) is 4.34. The number of anilines is 1. The first-order valence-electron chi connectivity index (χ1n) is 8.17. The highest BCUT2D eigenvalue weighted by molar-refractivity contribution is 5.95. The highest BCUT2D eigenvalue weighted by atomic mass is 19.1. The van der Waals surface area contributed by atoms with Crippen LogP contribution in [0.1, 0.15) is 23.2 Å². The fourth-order valence-corrected chi connectivity index (χ4v) is 2.98. The summed E-state index contributed by atoms with van der Waals surface area (Å²) >= 11 is 0. The topological polar surface area (TPSA) is 69.6 Å². The molecule has 25 heavy (non-hydrogen) atoms. The summed E-state index contributed by atoms with van der Waals surface area (Å²) < 4.78 is 13.2. The summed E-state index contributed by atoms with van der Waals surface area (Å²) in [5.41, 5.74) is 0.867. The average Bonchev–Trinajstić information content (AvgIpc) is 2.61. The molecule has 0 spiro atoms. The number of phenols is 1. The number of amides is 2. The van der Waals surface area contributed by atoms with Crippen LogP contribution < -0.4 is 5.32 Å². The summed E-state index contributed by atoms with van der Waals surface area (Å²) in [5, 5.41) is 12.2. The zero-order chi connectivity index (χ0) is 17.8. The van der Waals surface area contributed by atoms with Crippen molar-refractivity contribution in [1.82, 2.24) is 4.90 Å². The first-order valence-corrected chi connectivity index (χ1v) is 8.17. The Bertz CT molecular complexity index is 786. The van der Waals surface area contributed by atoms with Gasteiger partial charge in [-0.05, 0) is 49.2 Å². The molecule has 2 aromatic carbocycles. The Kier molecular flexibility index (Phi) is 4.97. The second kappa shape index (κ2) is 7.34. The number of nitrogens with one attached hydrogen (secondary N) is 1. The van der Waals surface area contributed by atoms with Crippen LogP contribution in [0.4, 0.5) is 10.1 Å². The number of benzene rings is 2. The van der Waals surface area contributed by atoms with Crippen molar-refractivity contribution in [2.45, 2.75) is 12.8 Å². The average molecular weight is 342 g/mol. The van der Waals surface area contributed by atoms with Crippen LogP contribution in [-0.4, -0.2) is 34.9 Å². The highest BCUT2D eigenvalue weighted by Gasteiger charge is 2.28. The summed E-state index contributed by atoms with van der Waals surface area (Å²) in [5.74, 6) is -0.869. The number of halogens is 1. The number of hydrogen-bond acceptors (Lipinski definition) is 3. The van der Waals surface area contributed by atoms with E-state index >= 15 is 0 Å². The van der Waals surface area contributed by atoms with Gasteiger partial charge < -0.3 is 15.3 Å². The van der Waals surface area contributed by atoms with Gasteiger partial charge in [0.2, 0.25) is 5.91 Å². The van der Waals surface area contributed by atoms with E-state index in [4.69, 9.17) is 0 Å². The van der Waals surface area contributed by atoms with Crippen molar-refractivity contribution in [3.8, 4) is 5.75 Å². The van der Waals surface area contributed by atoms with E-state index in [0.717, 1.165) is 0 Å². The van der Waals surface area contributed by atoms with E-state index in [0.29, 0.717) is 37.2 Å². The summed E-state index contributed by atoms with van der Waals surface area (Å²) in [6.45, 7) is 0.936. The summed E-state index contributed by atoms with van der Waals surface area (Å²) in [7, 11) is 0. The van der Waals surface area contributed by atoms with Gasteiger partial charge >= 0.3 is 0 Å². The number of aromatic hydroxyl groups is 1. The Balaban J connectivity index is 1.56. The van der Waals surface area contributed by atoms with E-state index in [1.807, 2.05) is 0 Å². The molecule has 0 saturated carbocycles. The Hall–Kier alpha value is -2.89. The number of carbonyl (C=O) groups excluding carboxylic acids is 2. The summed E-state index contributed by atoms with van der Waals surface area (Å²) in [4.78, 5) is 26.4. The lowest BCUT2D eigenvalue weighted by atomic mass is 9.95. The van der Waals surface area contributed by atoms with E-state index in [1.165, 1.54) is 24.3 Å². The van der Waals surface area contributed by atoms with Gasteiger partial charge in [-0.3, -0.25) is 9.59 Å². The van der Waals surface area contributed by atoms with Gasteiger partial charge in [-0.15, -0.1) is 0 Å². The van der Waals surface area contributed by atoms with Crippen LogP contribution >= 0.6 is 0 Å². The van der Waals surface area contributed by atoms with Crippen LogP contribution in [0.3, 0.4) is 0 Å². The molecule has 6 heteroatoms. The van der Waals surface area contributed by atoms with Crippen LogP contribution in [0, 0.1) is 11.7 Å². The maximum absolute atomic E-state index is 13.2. The molecule has 1 aliphatic heterocycles. The van der Waals surface area contributed by atoms with Crippen molar-refractivity contribution in [3.63, 3.8) is 0 Å². The lowest BCUT2D eigenvalue weighted by Gasteiger charge is -2.31. The number of nitrogens with zero attached hydrogens (tertiary/aromatic N) is 1. The number of rotatable bonds is 3.